The van der Waals surface area contributed by atoms with Crippen molar-refractivity contribution < 1.29 is 18.5 Å². The van der Waals surface area contributed by atoms with Crippen molar-refractivity contribution in [3.8, 4) is 0 Å². The van der Waals surface area contributed by atoms with E-state index in [0.717, 1.165) is 10.0 Å². The maximum absolute atomic E-state index is 13.6. The molecule has 1 aliphatic rings. The number of rotatable bonds is 3. The third kappa shape index (κ3) is 3.10. The van der Waals surface area contributed by atoms with Gasteiger partial charge in [0.05, 0.1) is 25.1 Å². The van der Waals surface area contributed by atoms with Crippen molar-refractivity contribution in [3.63, 3.8) is 0 Å². The Hall–Kier alpha value is -3.15. The van der Waals surface area contributed by atoms with Crippen molar-refractivity contribution in [2.45, 2.75) is 6.17 Å². The maximum atomic E-state index is 13.6. The minimum absolute atomic E-state index is 0.485. The standard InChI is InChI=1S/C20H18N4O/c25-20-23(17-12-6-2-7-13-17)21-19(16-10-4-1-5-11-16)22-24(20)18-14-8-3-9-15-18/h1-15,19,21-22H/i2D,3D,6D,7D,8D,9D,12D,13D,14D,15D. The maximum Gasteiger partial charge on any atom is 0.358 e. The molecule has 3 aromatic rings. The molecule has 1 fully saturated rings. The summed E-state index contributed by atoms with van der Waals surface area (Å²) in [5, 5.41) is 1.43. The Labute approximate surface area is 160 Å². The van der Waals surface area contributed by atoms with Gasteiger partial charge in [0.1, 0.15) is 6.17 Å². The van der Waals surface area contributed by atoms with Crippen molar-refractivity contribution in [1.82, 2.24) is 10.9 Å². The van der Waals surface area contributed by atoms with Crippen LogP contribution in [0.15, 0.2) is 90.8 Å². The van der Waals surface area contributed by atoms with Crippen LogP contribution in [0, 0.1) is 0 Å². The van der Waals surface area contributed by atoms with Crippen LogP contribution in [0.2, 0.25) is 0 Å². The molecule has 5 heteroatoms. The first-order valence-corrected chi connectivity index (χ1v) is 7.32. The summed E-state index contributed by atoms with van der Waals surface area (Å²) in [5.74, 6) is 0. The lowest BCUT2D eigenvalue weighted by Crippen LogP contribution is -2.65. The van der Waals surface area contributed by atoms with E-state index in [1.807, 2.05) is 0 Å². The molecule has 0 spiro atoms. The van der Waals surface area contributed by atoms with Gasteiger partial charge in [-0.15, -0.1) is 0 Å². The highest BCUT2D eigenvalue weighted by Gasteiger charge is 2.33. The molecule has 0 radical (unpaired) electrons. The Morgan fingerprint density at radius 2 is 1.24 bits per heavy atom. The van der Waals surface area contributed by atoms with E-state index in [2.05, 4.69) is 10.9 Å². The molecular formula is C20H18N4O. The highest BCUT2D eigenvalue weighted by molar-refractivity contribution is 6.03. The fourth-order valence-corrected chi connectivity index (χ4v) is 2.32. The smallest absolute Gasteiger partial charge is 0.245 e. The molecule has 0 atom stereocenters. The van der Waals surface area contributed by atoms with Gasteiger partial charge >= 0.3 is 6.03 Å². The van der Waals surface area contributed by atoms with Gasteiger partial charge in [0, 0.05) is 0 Å². The second-order valence-corrected chi connectivity index (χ2v) is 5.00. The summed E-state index contributed by atoms with van der Waals surface area (Å²) in [6.45, 7) is 0. The summed E-state index contributed by atoms with van der Waals surface area (Å²) in [7, 11) is 0. The van der Waals surface area contributed by atoms with Crippen LogP contribution >= 0.6 is 0 Å². The molecule has 5 nitrogen and oxygen atoms in total. The Bertz CT molecular complexity index is 1210. The third-order valence-corrected chi connectivity index (χ3v) is 3.45. The molecule has 1 aliphatic heterocycles. The first-order chi connectivity index (χ1) is 16.5. The Balaban J connectivity index is 1.96. The van der Waals surface area contributed by atoms with Crippen molar-refractivity contribution in [2.75, 3.05) is 10.0 Å². The van der Waals surface area contributed by atoms with Gasteiger partial charge < -0.3 is 0 Å². The molecule has 0 aliphatic carbocycles. The number of hydrazine groups is 2. The summed E-state index contributed by atoms with van der Waals surface area (Å²) in [6, 6.07) is 0.850. The third-order valence-electron chi connectivity index (χ3n) is 3.45. The van der Waals surface area contributed by atoms with Crippen LogP contribution in [0.1, 0.15) is 25.4 Å². The molecule has 0 bridgehead atoms. The number of para-hydroxylation sites is 2. The highest BCUT2D eigenvalue weighted by atomic mass is 16.2. The molecule has 25 heavy (non-hydrogen) atoms. The van der Waals surface area contributed by atoms with Crippen molar-refractivity contribution in [3.05, 3.63) is 96.3 Å². The number of carbonyl (C=O) groups excluding carboxylic acids is 1. The molecule has 2 amide bonds. The zero-order chi connectivity index (χ0) is 25.8. The van der Waals surface area contributed by atoms with E-state index < -0.39 is 84.0 Å². The average molecular weight is 340 g/mol. The number of benzene rings is 3. The summed E-state index contributed by atoms with van der Waals surface area (Å²) >= 11 is 0. The van der Waals surface area contributed by atoms with Gasteiger partial charge in [0.25, 0.3) is 0 Å². The zero-order valence-corrected chi connectivity index (χ0v) is 12.8. The van der Waals surface area contributed by atoms with Crippen LogP contribution in [-0.2, 0) is 0 Å². The van der Waals surface area contributed by atoms with Crippen LogP contribution in [0.3, 0.4) is 0 Å². The van der Waals surface area contributed by atoms with Gasteiger partial charge in [-0.05, 0) is 29.7 Å². The second kappa shape index (κ2) is 6.76. The van der Waals surface area contributed by atoms with Gasteiger partial charge in [-0.2, -0.15) is 0 Å². The Morgan fingerprint density at radius 3 is 1.72 bits per heavy atom. The first kappa shape index (κ1) is 7.82. The number of nitrogens with one attached hydrogen (secondary N) is 2. The van der Waals surface area contributed by atoms with Gasteiger partial charge in [-0.1, -0.05) is 66.6 Å². The van der Waals surface area contributed by atoms with Crippen LogP contribution in [0.4, 0.5) is 16.2 Å². The quantitative estimate of drug-likeness (QED) is 0.761. The molecule has 2 N–H and O–H groups in total. The van der Waals surface area contributed by atoms with E-state index >= 15 is 0 Å². The molecule has 124 valence electrons. The van der Waals surface area contributed by atoms with Gasteiger partial charge in [-0.3, -0.25) is 0 Å². The SMILES string of the molecule is [2H]c1c([2H])c([2H])c(N2NC(c3ccccc3)NN(c3c([2H])c([2H])c([2H])c([2H])c3[2H])C2=O)c([2H])c1[2H]. The van der Waals surface area contributed by atoms with Crippen molar-refractivity contribution in [1.29, 1.82) is 0 Å². The number of hydrogen-bond donors (Lipinski definition) is 2. The van der Waals surface area contributed by atoms with Crippen LogP contribution in [-0.4, -0.2) is 6.03 Å². The van der Waals surface area contributed by atoms with Gasteiger partial charge in [0.2, 0.25) is 0 Å². The lowest BCUT2D eigenvalue weighted by Gasteiger charge is -2.41. The van der Waals surface area contributed by atoms with Crippen LogP contribution in [0.5, 0.6) is 0 Å². The number of hydrogen-bond acceptors (Lipinski definition) is 3. The topological polar surface area (TPSA) is 47.6 Å². The Kier molecular flexibility index (Phi) is 2.12. The molecule has 1 saturated heterocycles. The first-order valence-electron chi connectivity index (χ1n) is 12.3. The lowest BCUT2D eigenvalue weighted by molar-refractivity contribution is 0.231. The molecule has 1 heterocycles. The largest absolute Gasteiger partial charge is 0.358 e. The monoisotopic (exact) mass is 340 g/mol. The minimum atomic E-state index is -1.07. The zero-order valence-electron chi connectivity index (χ0n) is 22.8. The number of carbonyl (C=O) groups is 1. The summed E-state index contributed by atoms with van der Waals surface area (Å²) in [6.07, 6.45) is -0.954. The average Bonchev–Trinajstić information content (AvgIpc) is 2.86. The van der Waals surface area contributed by atoms with Crippen LogP contribution in [0.25, 0.3) is 0 Å². The van der Waals surface area contributed by atoms with Crippen molar-refractivity contribution in [2.24, 2.45) is 0 Å². The number of nitrogens with zero attached hydrogens (tertiary/aromatic N) is 2. The van der Waals surface area contributed by atoms with Crippen LogP contribution < -0.4 is 20.9 Å². The molecule has 0 aromatic heterocycles. The predicted octanol–water partition coefficient (Wildman–Crippen LogP) is 3.84. The second-order valence-electron chi connectivity index (χ2n) is 5.00. The predicted molar refractivity (Wildman–Crippen MR) is 98.7 cm³/mol. The Morgan fingerprint density at radius 1 is 0.760 bits per heavy atom. The fourth-order valence-electron chi connectivity index (χ4n) is 2.32. The number of anilines is 2. The fraction of sp³-hybridized carbons (Fsp3) is 0.0500. The van der Waals surface area contributed by atoms with Crippen molar-refractivity contribution >= 4 is 17.4 Å². The number of urea groups is 1. The lowest BCUT2D eigenvalue weighted by atomic mass is 10.2. The molecular weight excluding hydrogens is 312 g/mol. The van der Waals surface area contributed by atoms with E-state index in [4.69, 9.17) is 13.7 Å². The van der Waals surface area contributed by atoms with Gasteiger partial charge in [-0.25, -0.2) is 25.7 Å². The molecule has 4 rings (SSSR count). The molecule has 0 saturated carbocycles. The minimum Gasteiger partial charge on any atom is -0.245 e. The van der Waals surface area contributed by atoms with E-state index in [1.165, 1.54) is 0 Å². The number of amides is 2. The highest BCUT2D eigenvalue weighted by Crippen LogP contribution is 2.25. The molecule has 0 unspecified atom stereocenters. The van der Waals surface area contributed by atoms with E-state index in [0.29, 0.717) is 5.56 Å². The van der Waals surface area contributed by atoms with E-state index in [-0.39, 0.29) is 0 Å². The summed E-state index contributed by atoms with van der Waals surface area (Å²) in [4.78, 5) is 13.6. The summed E-state index contributed by atoms with van der Waals surface area (Å²) < 4.78 is 80.6. The normalized spacial score (nSPS) is 21.0. The summed E-state index contributed by atoms with van der Waals surface area (Å²) in [5.41, 5.74) is 5.14. The van der Waals surface area contributed by atoms with Gasteiger partial charge in [0.15, 0.2) is 0 Å². The molecule has 3 aromatic carbocycles. The van der Waals surface area contributed by atoms with E-state index in [9.17, 15) is 4.79 Å². The van der Waals surface area contributed by atoms with E-state index in [1.54, 1.807) is 30.3 Å².